The van der Waals surface area contributed by atoms with Gasteiger partial charge in [-0.05, 0) is 25.7 Å². The van der Waals surface area contributed by atoms with Gasteiger partial charge in [-0.15, -0.1) is 0 Å². The second-order valence-corrected chi connectivity index (χ2v) is 4.03. The van der Waals surface area contributed by atoms with Gasteiger partial charge in [0, 0.05) is 18.5 Å². The van der Waals surface area contributed by atoms with Crippen LogP contribution in [-0.4, -0.2) is 37.4 Å². The molecule has 1 rings (SSSR count). The largest absolute Gasteiger partial charge is 0.481 e. The zero-order valence-corrected chi connectivity index (χ0v) is 10.4. The van der Waals surface area contributed by atoms with E-state index in [4.69, 9.17) is 16.3 Å². The van der Waals surface area contributed by atoms with Crippen LogP contribution in [0.25, 0.3) is 0 Å². The quantitative estimate of drug-likeness (QED) is 0.585. The molecule has 0 radical (unpaired) electrons. The molecule has 0 bridgehead atoms. The van der Waals surface area contributed by atoms with Crippen molar-refractivity contribution in [2.45, 2.75) is 12.5 Å². The first kappa shape index (κ1) is 12.9. The number of nitrogens with zero attached hydrogens (tertiary/aromatic N) is 2. The van der Waals surface area contributed by atoms with Crippen LogP contribution in [-0.2, 0) is 4.79 Å². The van der Waals surface area contributed by atoms with Gasteiger partial charge in [-0.2, -0.15) is 0 Å². The van der Waals surface area contributed by atoms with Crippen LogP contribution in [0, 0.1) is 0 Å². The number of aldehydes is 1. The Hall–Kier alpha value is -1.13. The molecule has 0 aliphatic heterocycles. The summed E-state index contributed by atoms with van der Waals surface area (Å²) in [5.41, 5.74) is 0.925. The SMILES string of the molecule is COc1cc(C(CC=O)N(C)C)cc(Cl)n1. The number of hydrogen-bond donors (Lipinski definition) is 0. The standard InChI is InChI=1S/C11H15ClN2O2/c1-14(2)9(4-5-15)8-6-10(12)13-11(7-8)16-3/h5-7,9H,4H2,1-3H3. The van der Waals surface area contributed by atoms with Gasteiger partial charge in [-0.1, -0.05) is 11.6 Å². The van der Waals surface area contributed by atoms with Gasteiger partial charge in [0.1, 0.15) is 11.4 Å². The van der Waals surface area contributed by atoms with Crippen molar-refractivity contribution >= 4 is 17.9 Å². The summed E-state index contributed by atoms with van der Waals surface area (Å²) in [6.45, 7) is 0. The van der Waals surface area contributed by atoms with Gasteiger partial charge >= 0.3 is 0 Å². The molecule has 0 saturated heterocycles. The molecule has 1 unspecified atom stereocenters. The average Bonchev–Trinajstić information content (AvgIpc) is 2.24. The molecule has 0 spiro atoms. The maximum Gasteiger partial charge on any atom is 0.214 e. The molecule has 16 heavy (non-hydrogen) atoms. The van der Waals surface area contributed by atoms with Gasteiger partial charge < -0.3 is 14.4 Å². The summed E-state index contributed by atoms with van der Waals surface area (Å²) >= 11 is 5.88. The monoisotopic (exact) mass is 242 g/mol. The summed E-state index contributed by atoms with van der Waals surface area (Å²) in [5, 5.41) is 0.368. The van der Waals surface area contributed by atoms with E-state index >= 15 is 0 Å². The molecule has 0 aliphatic carbocycles. The number of carbonyl (C=O) groups excluding carboxylic acids is 1. The van der Waals surface area contributed by atoms with E-state index in [0.29, 0.717) is 17.5 Å². The fourth-order valence-electron chi connectivity index (χ4n) is 1.52. The van der Waals surface area contributed by atoms with E-state index in [1.807, 2.05) is 19.0 Å². The highest BCUT2D eigenvalue weighted by Crippen LogP contribution is 2.26. The van der Waals surface area contributed by atoms with Crippen LogP contribution in [0.15, 0.2) is 12.1 Å². The lowest BCUT2D eigenvalue weighted by Crippen LogP contribution is -2.20. The number of ether oxygens (including phenoxy) is 1. The Labute approximate surface area is 100 Å². The van der Waals surface area contributed by atoms with E-state index < -0.39 is 0 Å². The second kappa shape index (κ2) is 5.82. The summed E-state index contributed by atoms with van der Waals surface area (Å²) in [7, 11) is 5.36. The molecule has 0 aliphatic rings. The molecule has 1 atom stereocenters. The highest BCUT2D eigenvalue weighted by Gasteiger charge is 2.15. The van der Waals surface area contributed by atoms with Crippen LogP contribution in [0.2, 0.25) is 5.15 Å². The van der Waals surface area contributed by atoms with Crippen LogP contribution in [0.3, 0.4) is 0 Å². The lowest BCUT2D eigenvalue weighted by molar-refractivity contribution is -0.108. The molecule has 4 nitrogen and oxygen atoms in total. The van der Waals surface area contributed by atoms with Crippen LogP contribution < -0.4 is 4.74 Å². The van der Waals surface area contributed by atoms with E-state index in [2.05, 4.69) is 4.98 Å². The average molecular weight is 243 g/mol. The van der Waals surface area contributed by atoms with Crippen LogP contribution in [0.4, 0.5) is 0 Å². The Kier molecular flexibility index (Phi) is 4.71. The predicted molar refractivity (Wildman–Crippen MR) is 62.9 cm³/mol. The smallest absolute Gasteiger partial charge is 0.214 e. The lowest BCUT2D eigenvalue weighted by atomic mass is 10.1. The first-order valence-corrected chi connectivity index (χ1v) is 5.27. The van der Waals surface area contributed by atoms with E-state index in [-0.39, 0.29) is 6.04 Å². The maximum absolute atomic E-state index is 10.6. The van der Waals surface area contributed by atoms with Crippen molar-refractivity contribution in [3.63, 3.8) is 0 Å². The summed E-state index contributed by atoms with van der Waals surface area (Å²) in [6.07, 6.45) is 1.31. The minimum Gasteiger partial charge on any atom is -0.481 e. The van der Waals surface area contributed by atoms with Gasteiger partial charge in [0.05, 0.1) is 7.11 Å². The van der Waals surface area contributed by atoms with Gasteiger partial charge in [0.2, 0.25) is 5.88 Å². The minimum absolute atomic E-state index is 0.00750. The number of pyridine rings is 1. The van der Waals surface area contributed by atoms with Crippen molar-refractivity contribution in [1.82, 2.24) is 9.88 Å². The van der Waals surface area contributed by atoms with Crippen LogP contribution in [0.1, 0.15) is 18.0 Å². The van der Waals surface area contributed by atoms with E-state index in [0.717, 1.165) is 11.8 Å². The molecule has 5 heteroatoms. The minimum atomic E-state index is -0.00750. The first-order chi connectivity index (χ1) is 7.58. The van der Waals surface area contributed by atoms with Gasteiger partial charge in [0.25, 0.3) is 0 Å². The third kappa shape index (κ3) is 3.18. The number of hydrogen-bond acceptors (Lipinski definition) is 4. The topological polar surface area (TPSA) is 42.4 Å². The Morgan fingerprint density at radius 2 is 2.25 bits per heavy atom. The van der Waals surface area contributed by atoms with Gasteiger partial charge in [0.15, 0.2) is 0 Å². The summed E-state index contributed by atoms with van der Waals surface area (Å²) in [6, 6.07) is 3.53. The Balaban J connectivity index is 3.07. The van der Waals surface area contributed by atoms with Crippen molar-refractivity contribution in [2.24, 2.45) is 0 Å². The molecule has 1 heterocycles. The molecular weight excluding hydrogens is 228 g/mol. The molecular formula is C11H15ClN2O2. The molecule has 0 fully saturated rings. The predicted octanol–water partition coefficient (Wildman–Crippen LogP) is 1.94. The highest BCUT2D eigenvalue weighted by atomic mass is 35.5. The number of rotatable bonds is 5. The third-order valence-electron chi connectivity index (χ3n) is 2.33. The number of methoxy groups -OCH3 is 1. The summed E-state index contributed by atoms with van der Waals surface area (Å²) in [5.74, 6) is 0.459. The number of halogens is 1. The first-order valence-electron chi connectivity index (χ1n) is 4.90. The molecule has 0 amide bonds. The maximum atomic E-state index is 10.6. The second-order valence-electron chi connectivity index (χ2n) is 3.65. The van der Waals surface area contributed by atoms with E-state index in [9.17, 15) is 4.79 Å². The summed E-state index contributed by atoms with van der Waals surface area (Å²) in [4.78, 5) is 16.6. The van der Waals surface area contributed by atoms with Crippen LogP contribution in [0.5, 0.6) is 5.88 Å². The van der Waals surface area contributed by atoms with Crippen LogP contribution >= 0.6 is 11.6 Å². The molecule has 0 saturated carbocycles. The van der Waals surface area contributed by atoms with Gasteiger partial charge in [-0.3, -0.25) is 0 Å². The van der Waals surface area contributed by atoms with Crippen molar-refractivity contribution in [1.29, 1.82) is 0 Å². The normalized spacial score (nSPS) is 12.6. The molecule has 88 valence electrons. The molecule has 0 N–H and O–H groups in total. The van der Waals surface area contributed by atoms with Gasteiger partial charge in [-0.25, -0.2) is 4.98 Å². The highest BCUT2D eigenvalue weighted by molar-refractivity contribution is 6.29. The zero-order chi connectivity index (χ0) is 12.1. The molecule has 1 aromatic heterocycles. The lowest BCUT2D eigenvalue weighted by Gasteiger charge is -2.23. The molecule has 0 aromatic carbocycles. The Morgan fingerprint density at radius 3 is 2.75 bits per heavy atom. The van der Waals surface area contributed by atoms with Crippen molar-refractivity contribution in [3.8, 4) is 5.88 Å². The Bertz CT molecular complexity index is 369. The summed E-state index contributed by atoms with van der Waals surface area (Å²) < 4.78 is 5.04. The Morgan fingerprint density at radius 1 is 1.56 bits per heavy atom. The molecule has 1 aromatic rings. The van der Waals surface area contributed by atoms with Crippen molar-refractivity contribution < 1.29 is 9.53 Å². The number of carbonyl (C=O) groups is 1. The van der Waals surface area contributed by atoms with Crippen molar-refractivity contribution in [3.05, 3.63) is 22.8 Å². The fraction of sp³-hybridized carbons (Fsp3) is 0.455. The number of aromatic nitrogens is 1. The third-order valence-corrected chi connectivity index (χ3v) is 2.52. The van der Waals surface area contributed by atoms with E-state index in [1.165, 1.54) is 7.11 Å². The van der Waals surface area contributed by atoms with E-state index in [1.54, 1.807) is 12.1 Å². The zero-order valence-electron chi connectivity index (χ0n) is 9.61. The fourth-order valence-corrected chi connectivity index (χ4v) is 1.73. The van der Waals surface area contributed by atoms with Crippen molar-refractivity contribution in [2.75, 3.05) is 21.2 Å².